The van der Waals surface area contributed by atoms with Crippen LogP contribution >= 0.6 is 0 Å². The smallest absolute Gasteiger partial charge is 0.325 e. The largest absolute Gasteiger partial charge is 0.497 e. The second kappa shape index (κ2) is 5.58. The minimum absolute atomic E-state index is 0.424. The van der Waals surface area contributed by atoms with Gasteiger partial charge in [-0.1, -0.05) is 6.08 Å². The van der Waals surface area contributed by atoms with Crippen molar-refractivity contribution >= 4 is 16.9 Å². The number of carboxylic acids is 1. The zero-order valence-electron chi connectivity index (χ0n) is 10.6. The Morgan fingerprint density at radius 1 is 1.63 bits per heavy atom. The van der Waals surface area contributed by atoms with Crippen molar-refractivity contribution < 1.29 is 14.6 Å². The number of benzene rings is 1. The van der Waals surface area contributed by atoms with Gasteiger partial charge in [0.25, 0.3) is 0 Å². The van der Waals surface area contributed by atoms with E-state index in [0.717, 1.165) is 10.9 Å². The number of methoxy groups -OCH3 is 1. The van der Waals surface area contributed by atoms with Crippen molar-refractivity contribution in [2.24, 2.45) is 0 Å². The van der Waals surface area contributed by atoms with Gasteiger partial charge in [-0.2, -0.15) is 0 Å². The van der Waals surface area contributed by atoms with Gasteiger partial charge in [0, 0.05) is 29.2 Å². The molecule has 100 valence electrons. The second-order valence-electron chi connectivity index (χ2n) is 4.12. The number of carboxylic acid groups (broad SMARTS) is 1. The first-order chi connectivity index (χ1) is 9.17. The van der Waals surface area contributed by atoms with Gasteiger partial charge in [-0.25, -0.2) is 0 Å². The number of ether oxygens (including phenoxy) is 1. The zero-order chi connectivity index (χ0) is 13.8. The highest BCUT2D eigenvalue weighted by Gasteiger charge is 2.22. The maximum atomic E-state index is 11.4. The second-order valence-corrected chi connectivity index (χ2v) is 4.12. The molecule has 0 aliphatic heterocycles. The molecule has 19 heavy (non-hydrogen) atoms. The molecule has 0 aliphatic carbocycles. The van der Waals surface area contributed by atoms with E-state index in [1.165, 1.54) is 0 Å². The van der Waals surface area contributed by atoms with Crippen LogP contribution in [0.5, 0.6) is 5.75 Å². The number of carbonyl (C=O) groups is 1. The lowest BCUT2D eigenvalue weighted by Crippen LogP contribution is -2.28. The van der Waals surface area contributed by atoms with Crippen LogP contribution in [0.3, 0.4) is 0 Å². The number of hydrogen-bond acceptors (Lipinski definition) is 3. The number of aromatic amines is 1. The summed E-state index contributed by atoms with van der Waals surface area (Å²) >= 11 is 0. The fourth-order valence-electron chi connectivity index (χ4n) is 2.02. The molecule has 0 bridgehead atoms. The maximum absolute atomic E-state index is 11.4. The van der Waals surface area contributed by atoms with Crippen molar-refractivity contribution in [2.75, 3.05) is 13.7 Å². The molecule has 0 radical (unpaired) electrons. The molecule has 1 heterocycles. The Morgan fingerprint density at radius 3 is 3.05 bits per heavy atom. The minimum Gasteiger partial charge on any atom is -0.497 e. The van der Waals surface area contributed by atoms with E-state index < -0.39 is 12.0 Å². The van der Waals surface area contributed by atoms with Gasteiger partial charge in [0.1, 0.15) is 11.8 Å². The summed E-state index contributed by atoms with van der Waals surface area (Å²) in [4.78, 5) is 14.4. The monoisotopic (exact) mass is 260 g/mol. The molecule has 1 aromatic carbocycles. The molecule has 0 saturated carbocycles. The first kappa shape index (κ1) is 13.2. The van der Waals surface area contributed by atoms with E-state index in [2.05, 4.69) is 16.9 Å². The van der Waals surface area contributed by atoms with Crippen LogP contribution in [0.1, 0.15) is 11.6 Å². The lowest BCUT2D eigenvalue weighted by atomic mass is 10.1. The Hall–Kier alpha value is -2.27. The van der Waals surface area contributed by atoms with Crippen molar-refractivity contribution in [3.8, 4) is 5.75 Å². The highest BCUT2D eigenvalue weighted by molar-refractivity contribution is 5.90. The van der Waals surface area contributed by atoms with E-state index in [0.29, 0.717) is 17.9 Å². The summed E-state index contributed by atoms with van der Waals surface area (Å²) in [6, 6.07) is 4.74. The standard InChI is InChI=1S/C14H16N2O3/c1-3-6-15-13(14(17)18)11-8-16-12-5-4-9(19-2)7-10(11)12/h3-5,7-8,13,15-16H,1,6H2,2H3,(H,17,18). The fourth-order valence-corrected chi connectivity index (χ4v) is 2.02. The number of fused-ring (bicyclic) bond motifs is 1. The van der Waals surface area contributed by atoms with Crippen LogP contribution in [0.2, 0.25) is 0 Å². The third-order valence-electron chi connectivity index (χ3n) is 2.95. The van der Waals surface area contributed by atoms with Crippen molar-refractivity contribution in [3.63, 3.8) is 0 Å². The van der Waals surface area contributed by atoms with Crippen molar-refractivity contribution in [3.05, 3.63) is 42.6 Å². The van der Waals surface area contributed by atoms with Crippen LogP contribution in [0.15, 0.2) is 37.1 Å². The van der Waals surface area contributed by atoms with Gasteiger partial charge in [0.2, 0.25) is 0 Å². The van der Waals surface area contributed by atoms with Gasteiger partial charge in [0.05, 0.1) is 7.11 Å². The summed E-state index contributed by atoms with van der Waals surface area (Å²) in [5, 5.41) is 13.1. The van der Waals surface area contributed by atoms with Crippen molar-refractivity contribution in [1.29, 1.82) is 0 Å². The molecule has 0 spiro atoms. The van der Waals surface area contributed by atoms with Crippen LogP contribution in [0.4, 0.5) is 0 Å². The molecule has 2 rings (SSSR count). The zero-order valence-corrected chi connectivity index (χ0v) is 10.6. The number of nitrogens with one attached hydrogen (secondary N) is 2. The van der Waals surface area contributed by atoms with Crippen molar-refractivity contribution in [1.82, 2.24) is 10.3 Å². The van der Waals surface area contributed by atoms with Crippen LogP contribution in [0.25, 0.3) is 10.9 Å². The molecule has 0 aliphatic rings. The average molecular weight is 260 g/mol. The molecule has 1 unspecified atom stereocenters. The molecule has 5 nitrogen and oxygen atoms in total. The van der Waals surface area contributed by atoms with Gasteiger partial charge in [0.15, 0.2) is 0 Å². The van der Waals surface area contributed by atoms with Gasteiger partial charge in [-0.05, 0) is 18.2 Å². The molecule has 1 atom stereocenters. The Bertz CT molecular complexity index is 604. The SMILES string of the molecule is C=CCNC(C(=O)O)c1c[nH]c2ccc(OC)cc12. The first-order valence-electron chi connectivity index (χ1n) is 5.89. The number of aromatic nitrogens is 1. The normalized spacial score (nSPS) is 12.3. The molecule has 1 aromatic heterocycles. The molecular weight excluding hydrogens is 244 g/mol. The van der Waals surface area contributed by atoms with Gasteiger partial charge < -0.3 is 14.8 Å². The summed E-state index contributed by atoms with van der Waals surface area (Å²) < 4.78 is 5.17. The maximum Gasteiger partial charge on any atom is 0.325 e. The van der Waals surface area contributed by atoms with Gasteiger partial charge >= 0.3 is 5.97 Å². The molecule has 2 aromatic rings. The Labute approximate surface area is 110 Å². The average Bonchev–Trinajstić information content (AvgIpc) is 2.82. The molecular formula is C14H16N2O3. The minimum atomic E-state index is -0.925. The summed E-state index contributed by atoms with van der Waals surface area (Å²) in [6.07, 6.45) is 3.34. The van der Waals surface area contributed by atoms with E-state index in [1.807, 2.05) is 18.2 Å². The summed E-state index contributed by atoms with van der Waals surface area (Å²) in [5.74, 6) is -0.230. The van der Waals surface area contributed by atoms with E-state index in [1.54, 1.807) is 19.4 Å². The van der Waals surface area contributed by atoms with E-state index >= 15 is 0 Å². The fraction of sp³-hybridized carbons (Fsp3) is 0.214. The third-order valence-corrected chi connectivity index (χ3v) is 2.95. The molecule has 5 heteroatoms. The third kappa shape index (κ3) is 2.61. The van der Waals surface area contributed by atoms with E-state index in [9.17, 15) is 9.90 Å². The van der Waals surface area contributed by atoms with Gasteiger partial charge in [-0.15, -0.1) is 6.58 Å². The van der Waals surface area contributed by atoms with E-state index in [4.69, 9.17) is 4.74 Å². The molecule has 0 fully saturated rings. The van der Waals surface area contributed by atoms with Crippen LogP contribution in [-0.4, -0.2) is 29.7 Å². The van der Waals surface area contributed by atoms with E-state index in [-0.39, 0.29) is 0 Å². The van der Waals surface area contributed by atoms with Crippen LogP contribution in [-0.2, 0) is 4.79 Å². The lowest BCUT2D eigenvalue weighted by molar-refractivity contribution is -0.139. The van der Waals surface area contributed by atoms with Gasteiger partial charge in [-0.3, -0.25) is 10.1 Å². The van der Waals surface area contributed by atoms with Crippen LogP contribution in [0, 0.1) is 0 Å². The predicted molar refractivity (Wildman–Crippen MR) is 73.4 cm³/mol. The molecule has 3 N–H and O–H groups in total. The Balaban J connectivity index is 2.46. The summed E-state index contributed by atoms with van der Waals surface area (Å²) in [5.41, 5.74) is 1.56. The Morgan fingerprint density at radius 2 is 2.42 bits per heavy atom. The lowest BCUT2D eigenvalue weighted by Gasteiger charge is -2.12. The molecule has 0 amide bonds. The highest BCUT2D eigenvalue weighted by Crippen LogP contribution is 2.27. The molecule has 0 saturated heterocycles. The quantitative estimate of drug-likeness (QED) is 0.695. The number of aliphatic carboxylic acids is 1. The highest BCUT2D eigenvalue weighted by atomic mass is 16.5. The van der Waals surface area contributed by atoms with Crippen molar-refractivity contribution in [2.45, 2.75) is 6.04 Å². The van der Waals surface area contributed by atoms with Crippen LogP contribution < -0.4 is 10.1 Å². The number of hydrogen-bond donors (Lipinski definition) is 3. The predicted octanol–water partition coefficient (Wildman–Crippen LogP) is 2.08. The summed E-state index contributed by atoms with van der Waals surface area (Å²) in [7, 11) is 1.58. The Kier molecular flexibility index (Phi) is 3.87. The summed E-state index contributed by atoms with van der Waals surface area (Å²) in [6.45, 7) is 4.00. The topological polar surface area (TPSA) is 74.4 Å². The number of H-pyrrole nitrogens is 1. The first-order valence-corrected chi connectivity index (χ1v) is 5.89. The number of rotatable bonds is 6.